The molecule has 5 rings (SSSR count). The molecule has 12 heteroatoms. The summed E-state index contributed by atoms with van der Waals surface area (Å²) in [5, 5.41) is 18.7. The number of amides is 1. The van der Waals surface area contributed by atoms with Gasteiger partial charge in [0.25, 0.3) is 0 Å². The van der Waals surface area contributed by atoms with Crippen LogP contribution in [-0.4, -0.2) is 108 Å². The molecular weight excluding hydrogens is 495 g/mol. The standard InChI is InChI=1S/C26H37FN6O5/c1-18-12-24(25(34)17-37-18)30(2)7-3-4-19-14-32(29-28-19)15-21-16-33(26(35)38-21)20-5-6-23(22(27)13-20)31-8-10-36-11-9-31/h5-6,13-14,18,21,24-25,34H,3-4,7-12,15-17H2,1-2H3/t18-,21+,24+,25+/m1/s1. The van der Waals surface area contributed by atoms with Crippen LogP contribution in [0.15, 0.2) is 24.4 Å². The maximum atomic E-state index is 14.9. The molecule has 1 amide bonds. The molecule has 208 valence electrons. The van der Waals surface area contributed by atoms with E-state index >= 15 is 0 Å². The third-order valence-electron chi connectivity index (χ3n) is 7.52. The molecule has 0 unspecified atom stereocenters. The Balaban J connectivity index is 1.10. The Morgan fingerprint density at radius 1 is 1.26 bits per heavy atom. The number of morpholine rings is 1. The van der Waals surface area contributed by atoms with Crippen molar-refractivity contribution in [2.45, 2.75) is 57.1 Å². The number of halogens is 1. The molecule has 0 saturated carbocycles. The average Bonchev–Trinajstić information content (AvgIpc) is 3.51. The zero-order chi connectivity index (χ0) is 26.6. The van der Waals surface area contributed by atoms with Crippen LogP contribution < -0.4 is 9.80 Å². The number of anilines is 2. The lowest BCUT2D eigenvalue weighted by atomic mass is 10.00. The van der Waals surface area contributed by atoms with Crippen LogP contribution in [0.5, 0.6) is 0 Å². The zero-order valence-electron chi connectivity index (χ0n) is 22.0. The van der Waals surface area contributed by atoms with Gasteiger partial charge in [-0.15, -0.1) is 5.10 Å². The van der Waals surface area contributed by atoms with Crippen LogP contribution in [0.3, 0.4) is 0 Å². The fourth-order valence-electron chi connectivity index (χ4n) is 5.39. The molecule has 0 radical (unpaired) electrons. The molecule has 0 bridgehead atoms. The van der Waals surface area contributed by atoms with Gasteiger partial charge in [-0.1, -0.05) is 5.21 Å². The van der Waals surface area contributed by atoms with Gasteiger partial charge in [-0.2, -0.15) is 0 Å². The number of carbonyl (C=O) groups excluding carboxylic acids is 1. The fourth-order valence-corrected chi connectivity index (χ4v) is 5.39. The van der Waals surface area contributed by atoms with Crippen LogP contribution in [0.25, 0.3) is 0 Å². The largest absolute Gasteiger partial charge is 0.442 e. The Morgan fingerprint density at radius 3 is 2.87 bits per heavy atom. The van der Waals surface area contributed by atoms with Gasteiger partial charge in [0.05, 0.1) is 62.2 Å². The summed E-state index contributed by atoms with van der Waals surface area (Å²) in [6, 6.07) is 4.95. The monoisotopic (exact) mass is 532 g/mol. The van der Waals surface area contributed by atoms with Crippen molar-refractivity contribution < 1.29 is 28.5 Å². The van der Waals surface area contributed by atoms with Crippen LogP contribution in [0.2, 0.25) is 0 Å². The van der Waals surface area contributed by atoms with Crippen molar-refractivity contribution in [1.29, 1.82) is 0 Å². The van der Waals surface area contributed by atoms with Crippen molar-refractivity contribution >= 4 is 17.5 Å². The van der Waals surface area contributed by atoms with E-state index in [9.17, 15) is 14.3 Å². The summed E-state index contributed by atoms with van der Waals surface area (Å²) in [5.41, 5.74) is 1.85. The number of aryl methyl sites for hydroxylation is 1. The first-order valence-electron chi connectivity index (χ1n) is 13.4. The SMILES string of the molecule is C[C@@H]1C[C@H](N(C)CCCc2cn(C[C@H]3CN(c4ccc(N5CCOCC5)c(F)c4)C(=O)O3)nn2)[C@@H](O)CO1. The lowest BCUT2D eigenvalue weighted by molar-refractivity contribution is -0.0919. The van der Waals surface area contributed by atoms with Gasteiger partial charge in [0.15, 0.2) is 0 Å². The number of ether oxygens (including phenoxy) is 3. The van der Waals surface area contributed by atoms with Crippen molar-refractivity contribution in [2.75, 3.05) is 62.8 Å². The number of aromatic nitrogens is 3. The number of aliphatic hydroxyl groups is 1. The number of benzene rings is 1. The Morgan fingerprint density at radius 2 is 2.08 bits per heavy atom. The molecule has 3 aliphatic heterocycles. The summed E-state index contributed by atoms with van der Waals surface area (Å²) in [4.78, 5) is 18.1. The van der Waals surface area contributed by atoms with Crippen molar-refractivity contribution in [3.05, 3.63) is 35.9 Å². The van der Waals surface area contributed by atoms with Gasteiger partial charge in [-0.3, -0.25) is 4.90 Å². The zero-order valence-corrected chi connectivity index (χ0v) is 22.0. The van der Waals surface area contributed by atoms with E-state index in [-0.39, 0.29) is 18.0 Å². The van der Waals surface area contributed by atoms with E-state index in [1.165, 1.54) is 11.0 Å². The molecule has 3 saturated heterocycles. The first kappa shape index (κ1) is 26.8. The molecule has 1 N–H and O–H groups in total. The molecule has 4 atom stereocenters. The van der Waals surface area contributed by atoms with E-state index < -0.39 is 18.3 Å². The second-order valence-electron chi connectivity index (χ2n) is 10.4. The van der Waals surface area contributed by atoms with Gasteiger partial charge in [0, 0.05) is 25.3 Å². The maximum absolute atomic E-state index is 14.9. The van der Waals surface area contributed by atoms with Crippen LogP contribution in [0.4, 0.5) is 20.6 Å². The second kappa shape index (κ2) is 11.9. The minimum absolute atomic E-state index is 0.0958. The highest BCUT2D eigenvalue weighted by molar-refractivity contribution is 5.90. The number of carbonyl (C=O) groups is 1. The summed E-state index contributed by atoms with van der Waals surface area (Å²) in [7, 11) is 2.03. The first-order chi connectivity index (χ1) is 18.4. The molecule has 38 heavy (non-hydrogen) atoms. The van der Waals surface area contributed by atoms with Crippen LogP contribution in [0.1, 0.15) is 25.5 Å². The van der Waals surface area contributed by atoms with E-state index in [0.717, 1.165) is 31.5 Å². The van der Waals surface area contributed by atoms with Crippen LogP contribution in [0, 0.1) is 5.82 Å². The van der Waals surface area contributed by atoms with Crippen LogP contribution in [-0.2, 0) is 27.2 Å². The average molecular weight is 533 g/mol. The predicted octanol–water partition coefficient (Wildman–Crippen LogP) is 1.68. The number of hydrogen-bond acceptors (Lipinski definition) is 9. The molecule has 1 aromatic carbocycles. The predicted molar refractivity (Wildman–Crippen MR) is 138 cm³/mol. The summed E-state index contributed by atoms with van der Waals surface area (Å²) in [6.07, 6.45) is 3.10. The summed E-state index contributed by atoms with van der Waals surface area (Å²) < 4.78 is 32.9. The second-order valence-corrected chi connectivity index (χ2v) is 10.4. The van der Waals surface area contributed by atoms with Crippen molar-refractivity contribution in [3.63, 3.8) is 0 Å². The summed E-state index contributed by atoms with van der Waals surface area (Å²) in [5.74, 6) is -0.368. The third kappa shape index (κ3) is 6.25. The number of likely N-dealkylation sites (N-methyl/N-ethyl adjacent to an activating group) is 1. The first-order valence-corrected chi connectivity index (χ1v) is 13.4. The molecule has 1 aromatic heterocycles. The number of rotatable bonds is 9. The highest BCUT2D eigenvalue weighted by Crippen LogP contribution is 2.28. The smallest absolute Gasteiger partial charge is 0.414 e. The lowest BCUT2D eigenvalue weighted by Gasteiger charge is -2.37. The fraction of sp³-hybridized carbons (Fsp3) is 0.654. The van der Waals surface area contributed by atoms with E-state index in [0.29, 0.717) is 57.4 Å². The Labute approximate surface area is 222 Å². The van der Waals surface area contributed by atoms with Crippen molar-refractivity contribution in [3.8, 4) is 0 Å². The molecule has 3 fully saturated rings. The number of nitrogens with zero attached hydrogens (tertiary/aromatic N) is 6. The lowest BCUT2D eigenvalue weighted by Crippen LogP contribution is -2.49. The molecule has 11 nitrogen and oxygen atoms in total. The summed E-state index contributed by atoms with van der Waals surface area (Å²) >= 11 is 0. The minimum Gasteiger partial charge on any atom is -0.442 e. The van der Waals surface area contributed by atoms with Gasteiger partial charge >= 0.3 is 6.09 Å². The molecular formula is C26H37FN6O5. The van der Waals surface area contributed by atoms with Gasteiger partial charge in [0.2, 0.25) is 0 Å². The molecule has 4 heterocycles. The molecule has 0 spiro atoms. The van der Waals surface area contributed by atoms with E-state index in [4.69, 9.17) is 14.2 Å². The van der Waals surface area contributed by atoms with E-state index in [2.05, 4.69) is 15.2 Å². The van der Waals surface area contributed by atoms with Crippen molar-refractivity contribution in [2.24, 2.45) is 0 Å². The van der Waals surface area contributed by atoms with Gasteiger partial charge in [0.1, 0.15) is 11.9 Å². The Bertz CT molecular complexity index is 1100. The molecule has 0 aliphatic carbocycles. The van der Waals surface area contributed by atoms with Crippen LogP contribution >= 0.6 is 0 Å². The van der Waals surface area contributed by atoms with Gasteiger partial charge < -0.3 is 29.1 Å². The van der Waals surface area contributed by atoms with Crippen molar-refractivity contribution in [1.82, 2.24) is 19.9 Å². The van der Waals surface area contributed by atoms with Gasteiger partial charge in [-0.05, 0) is 58.0 Å². The molecule has 3 aliphatic rings. The summed E-state index contributed by atoms with van der Waals surface area (Å²) in [6.45, 7) is 6.34. The van der Waals surface area contributed by atoms with E-state index in [1.54, 1.807) is 16.8 Å². The van der Waals surface area contributed by atoms with E-state index in [1.807, 2.05) is 25.1 Å². The number of hydrogen-bond donors (Lipinski definition) is 1. The Hall–Kier alpha value is -2.80. The number of cyclic esters (lactones) is 1. The van der Waals surface area contributed by atoms with Gasteiger partial charge in [-0.25, -0.2) is 13.9 Å². The maximum Gasteiger partial charge on any atom is 0.414 e. The quantitative estimate of drug-likeness (QED) is 0.516. The number of aliphatic hydroxyl groups excluding tert-OH is 1. The third-order valence-corrected chi connectivity index (χ3v) is 7.52. The highest BCUT2D eigenvalue weighted by atomic mass is 19.1. The minimum atomic E-state index is -0.499. The molecule has 2 aromatic rings. The Kier molecular flexibility index (Phi) is 8.42. The normalized spacial score (nSPS) is 26.3. The highest BCUT2D eigenvalue weighted by Gasteiger charge is 2.34. The topological polar surface area (TPSA) is 105 Å².